The molecule has 74 valence electrons. The van der Waals surface area contributed by atoms with E-state index in [1.807, 2.05) is 30.3 Å². The van der Waals surface area contributed by atoms with E-state index >= 15 is 0 Å². The molecule has 0 aliphatic heterocycles. The minimum atomic E-state index is -0.369. The van der Waals surface area contributed by atoms with Crippen LogP contribution in [0.25, 0.3) is 0 Å². The monoisotopic (exact) mass is 201 g/mol. The van der Waals surface area contributed by atoms with Gasteiger partial charge in [-0.25, -0.2) is 9.37 Å². The first kappa shape index (κ1) is 9.45. The Morgan fingerprint density at radius 3 is 2.53 bits per heavy atom. The molecule has 0 spiro atoms. The molecule has 0 N–H and O–H groups in total. The molecule has 0 aliphatic carbocycles. The van der Waals surface area contributed by atoms with Gasteiger partial charge in [0.05, 0.1) is 5.69 Å². The van der Waals surface area contributed by atoms with Crippen LogP contribution < -0.4 is 0 Å². The van der Waals surface area contributed by atoms with Crippen LogP contribution in [-0.2, 0) is 0 Å². The number of nitrogens with zero attached hydrogens (tertiary/aromatic N) is 3. The first-order valence-electron chi connectivity index (χ1n) is 4.43. The van der Waals surface area contributed by atoms with Gasteiger partial charge < -0.3 is 0 Å². The van der Waals surface area contributed by atoms with E-state index in [2.05, 4.69) is 15.2 Å². The van der Waals surface area contributed by atoms with Crippen LogP contribution in [0.15, 0.2) is 58.9 Å². The Balaban J connectivity index is 2.19. The molecular formula is C11H8FN3. The van der Waals surface area contributed by atoms with Crippen LogP contribution in [0.3, 0.4) is 0 Å². The lowest BCUT2D eigenvalue weighted by Gasteiger charge is -1.91. The van der Waals surface area contributed by atoms with Crippen molar-refractivity contribution in [2.45, 2.75) is 0 Å². The summed E-state index contributed by atoms with van der Waals surface area (Å²) in [6, 6.07) is 11.7. The van der Waals surface area contributed by atoms with E-state index in [1.54, 1.807) is 0 Å². The molecule has 2 aromatic rings. The molecule has 4 heteroatoms. The lowest BCUT2D eigenvalue weighted by Crippen LogP contribution is -1.75. The minimum Gasteiger partial charge on any atom is -0.235 e. The summed E-state index contributed by atoms with van der Waals surface area (Å²) in [5, 5.41) is 7.72. The second kappa shape index (κ2) is 4.41. The lowest BCUT2D eigenvalue weighted by atomic mass is 10.3. The van der Waals surface area contributed by atoms with E-state index in [9.17, 15) is 4.39 Å². The number of hydrogen-bond acceptors (Lipinski definition) is 3. The quantitative estimate of drug-likeness (QED) is 0.683. The maximum Gasteiger partial charge on any atom is 0.177 e. The van der Waals surface area contributed by atoms with E-state index in [1.165, 1.54) is 18.3 Å². The van der Waals surface area contributed by atoms with Crippen molar-refractivity contribution in [2.75, 3.05) is 0 Å². The summed E-state index contributed by atoms with van der Waals surface area (Å²) >= 11 is 0. The first-order chi connectivity index (χ1) is 7.34. The first-order valence-corrected chi connectivity index (χ1v) is 4.43. The van der Waals surface area contributed by atoms with E-state index in [0.717, 1.165) is 0 Å². The van der Waals surface area contributed by atoms with E-state index in [4.69, 9.17) is 0 Å². The van der Waals surface area contributed by atoms with Gasteiger partial charge in [0.1, 0.15) is 5.82 Å². The number of hydrogen-bond donors (Lipinski definition) is 0. The number of azo groups is 1. The van der Waals surface area contributed by atoms with E-state index < -0.39 is 0 Å². The fourth-order valence-corrected chi connectivity index (χ4v) is 1.05. The summed E-state index contributed by atoms with van der Waals surface area (Å²) in [6.45, 7) is 0. The maximum atomic E-state index is 12.8. The highest BCUT2D eigenvalue weighted by atomic mass is 19.1. The van der Waals surface area contributed by atoms with E-state index in [0.29, 0.717) is 5.69 Å². The van der Waals surface area contributed by atoms with Crippen molar-refractivity contribution in [2.24, 2.45) is 10.2 Å². The second-order valence-electron chi connectivity index (χ2n) is 2.87. The predicted octanol–water partition coefficient (Wildman–Crippen LogP) is 3.64. The summed E-state index contributed by atoms with van der Waals surface area (Å²) in [6.07, 6.45) is 1.36. The van der Waals surface area contributed by atoms with Crippen LogP contribution in [0.4, 0.5) is 15.9 Å². The Kier molecular flexibility index (Phi) is 2.78. The van der Waals surface area contributed by atoms with Crippen molar-refractivity contribution >= 4 is 11.5 Å². The van der Waals surface area contributed by atoms with Gasteiger partial charge in [0.25, 0.3) is 0 Å². The minimum absolute atomic E-state index is 0.263. The highest BCUT2D eigenvalue weighted by Gasteiger charge is 1.93. The van der Waals surface area contributed by atoms with Gasteiger partial charge in [-0.1, -0.05) is 18.2 Å². The Bertz CT molecular complexity index is 468. The van der Waals surface area contributed by atoms with Gasteiger partial charge in [0.2, 0.25) is 0 Å². The summed E-state index contributed by atoms with van der Waals surface area (Å²) in [5.41, 5.74) is 0.712. The Hall–Kier alpha value is -2.10. The van der Waals surface area contributed by atoms with Crippen LogP contribution in [0, 0.1) is 5.82 Å². The smallest absolute Gasteiger partial charge is 0.177 e. The molecule has 0 saturated heterocycles. The maximum absolute atomic E-state index is 12.8. The molecule has 0 amide bonds. The molecule has 1 heterocycles. The Morgan fingerprint density at radius 1 is 1.00 bits per heavy atom. The average Bonchev–Trinajstić information content (AvgIpc) is 2.28. The molecule has 0 radical (unpaired) electrons. The molecule has 1 aromatic heterocycles. The molecule has 0 aliphatic rings. The van der Waals surface area contributed by atoms with Crippen molar-refractivity contribution in [3.05, 3.63) is 54.5 Å². The third kappa shape index (κ3) is 2.67. The zero-order valence-electron chi connectivity index (χ0n) is 7.84. The fraction of sp³-hybridized carbons (Fsp3) is 0. The zero-order valence-corrected chi connectivity index (χ0v) is 7.84. The lowest BCUT2D eigenvalue weighted by molar-refractivity contribution is 0.626. The number of halogens is 1. The van der Waals surface area contributed by atoms with Crippen molar-refractivity contribution in [1.29, 1.82) is 0 Å². The van der Waals surface area contributed by atoms with Gasteiger partial charge >= 0.3 is 0 Å². The number of pyridine rings is 1. The number of aromatic nitrogens is 1. The topological polar surface area (TPSA) is 37.6 Å². The van der Waals surface area contributed by atoms with Gasteiger partial charge in [0.15, 0.2) is 5.82 Å². The fourth-order valence-electron chi connectivity index (χ4n) is 1.05. The molecule has 0 unspecified atom stereocenters. The molecule has 0 atom stereocenters. The second-order valence-corrected chi connectivity index (χ2v) is 2.87. The molecule has 3 nitrogen and oxygen atoms in total. The summed E-state index contributed by atoms with van der Waals surface area (Å²) < 4.78 is 12.8. The van der Waals surface area contributed by atoms with Crippen LogP contribution in [-0.4, -0.2) is 4.98 Å². The zero-order chi connectivity index (χ0) is 10.5. The third-order valence-electron chi connectivity index (χ3n) is 1.73. The highest BCUT2D eigenvalue weighted by molar-refractivity contribution is 5.36. The molecule has 0 saturated carbocycles. The van der Waals surface area contributed by atoms with Crippen molar-refractivity contribution in [1.82, 2.24) is 4.98 Å². The summed E-state index contributed by atoms with van der Waals surface area (Å²) in [7, 11) is 0. The van der Waals surface area contributed by atoms with Gasteiger partial charge in [-0.3, -0.25) is 0 Å². The normalized spacial score (nSPS) is 10.7. The molecule has 2 rings (SSSR count). The van der Waals surface area contributed by atoms with Crippen LogP contribution in [0.1, 0.15) is 0 Å². The largest absolute Gasteiger partial charge is 0.235 e. The van der Waals surface area contributed by atoms with Crippen molar-refractivity contribution in [3.8, 4) is 0 Å². The SMILES string of the molecule is Fc1ccnc(N=Nc2ccccc2)c1. The predicted molar refractivity (Wildman–Crippen MR) is 54.8 cm³/mol. The van der Waals surface area contributed by atoms with Gasteiger partial charge in [0, 0.05) is 12.3 Å². The summed E-state index contributed by atoms with van der Waals surface area (Å²) in [4.78, 5) is 3.85. The van der Waals surface area contributed by atoms with Crippen molar-refractivity contribution in [3.63, 3.8) is 0 Å². The molecule has 1 aromatic carbocycles. The van der Waals surface area contributed by atoms with Crippen LogP contribution in [0.5, 0.6) is 0 Å². The van der Waals surface area contributed by atoms with Gasteiger partial charge in [-0.2, -0.15) is 0 Å². The molecule has 0 bridgehead atoms. The standard InChI is InChI=1S/C11H8FN3/c12-9-6-7-13-11(8-9)15-14-10-4-2-1-3-5-10/h1-8H. The molecule has 0 fully saturated rings. The van der Waals surface area contributed by atoms with Crippen molar-refractivity contribution < 1.29 is 4.39 Å². The molecule has 15 heavy (non-hydrogen) atoms. The third-order valence-corrected chi connectivity index (χ3v) is 1.73. The number of benzene rings is 1. The Morgan fingerprint density at radius 2 is 1.80 bits per heavy atom. The average molecular weight is 201 g/mol. The molecular weight excluding hydrogens is 193 g/mol. The highest BCUT2D eigenvalue weighted by Crippen LogP contribution is 2.15. The number of rotatable bonds is 2. The van der Waals surface area contributed by atoms with Gasteiger partial charge in [-0.15, -0.1) is 10.2 Å². The summed E-state index contributed by atoms with van der Waals surface area (Å²) in [5.74, 6) is -0.106. The van der Waals surface area contributed by atoms with Gasteiger partial charge in [-0.05, 0) is 18.2 Å². The van der Waals surface area contributed by atoms with Crippen LogP contribution >= 0.6 is 0 Å². The van der Waals surface area contributed by atoms with Crippen LogP contribution in [0.2, 0.25) is 0 Å². The van der Waals surface area contributed by atoms with E-state index in [-0.39, 0.29) is 11.6 Å². The Labute approximate surface area is 86.3 Å².